The predicted molar refractivity (Wildman–Crippen MR) is 79.0 cm³/mol. The van der Waals surface area contributed by atoms with Crippen LogP contribution in [0.2, 0.25) is 0 Å². The number of carbonyl (C=O) groups excluding carboxylic acids is 1. The summed E-state index contributed by atoms with van der Waals surface area (Å²) in [6.07, 6.45) is 3.03. The minimum absolute atomic E-state index is 0.0192. The Balaban J connectivity index is 2.11. The Morgan fingerprint density at radius 2 is 1.90 bits per heavy atom. The molecule has 1 aromatic carbocycles. The van der Waals surface area contributed by atoms with Gasteiger partial charge in [-0.25, -0.2) is 12.8 Å². The van der Waals surface area contributed by atoms with Crippen molar-refractivity contribution in [1.82, 2.24) is 4.90 Å². The Bertz CT molecular complexity index is 612. The molecule has 1 saturated heterocycles. The van der Waals surface area contributed by atoms with Crippen LogP contribution in [0.1, 0.15) is 19.3 Å². The van der Waals surface area contributed by atoms with Gasteiger partial charge in [-0.3, -0.25) is 9.10 Å². The topological polar surface area (TPSA) is 57.7 Å². The van der Waals surface area contributed by atoms with Crippen molar-refractivity contribution in [1.29, 1.82) is 0 Å². The number of nitrogens with zero attached hydrogens (tertiary/aromatic N) is 2. The summed E-state index contributed by atoms with van der Waals surface area (Å²) in [5.41, 5.74) is -0.0192. The number of halogens is 1. The van der Waals surface area contributed by atoms with E-state index in [2.05, 4.69) is 0 Å². The number of hydrogen-bond donors (Lipinski definition) is 0. The van der Waals surface area contributed by atoms with Gasteiger partial charge in [-0.2, -0.15) is 0 Å². The smallest absolute Gasteiger partial charge is 0.232 e. The molecular weight excluding hydrogens is 295 g/mol. The second-order valence-electron chi connectivity index (χ2n) is 5.12. The number of carbonyl (C=O) groups is 1. The van der Waals surface area contributed by atoms with Gasteiger partial charge in [0.2, 0.25) is 15.9 Å². The molecule has 0 aromatic heterocycles. The van der Waals surface area contributed by atoms with E-state index in [-0.39, 0.29) is 24.6 Å². The fourth-order valence-corrected chi connectivity index (χ4v) is 3.37. The highest BCUT2D eigenvalue weighted by molar-refractivity contribution is 7.92. The molecule has 116 valence electrons. The molecule has 5 nitrogen and oxygen atoms in total. The van der Waals surface area contributed by atoms with E-state index in [0.717, 1.165) is 36.5 Å². The van der Waals surface area contributed by atoms with Crippen LogP contribution in [0.3, 0.4) is 0 Å². The molecule has 1 fully saturated rings. The lowest BCUT2D eigenvalue weighted by molar-refractivity contribution is -0.129. The Morgan fingerprint density at radius 1 is 1.29 bits per heavy atom. The summed E-state index contributed by atoms with van der Waals surface area (Å²) in [6.45, 7) is 1.39. The number of hydrogen-bond acceptors (Lipinski definition) is 3. The van der Waals surface area contributed by atoms with Crippen molar-refractivity contribution in [2.24, 2.45) is 0 Å². The minimum Gasteiger partial charge on any atom is -0.343 e. The lowest BCUT2D eigenvalue weighted by Gasteiger charge is -2.24. The van der Waals surface area contributed by atoms with E-state index >= 15 is 0 Å². The van der Waals surface area contributed by atoms with E-state index in [9.17, 15) is 17.6 Å². The van der Waals surface area contributed by atoms with E-state index in [1.807, 2.05) is 0 Å². The Morgan fingerprint density at radius 3 is 2.48 bits per heavy atom. The molecule has 0 aliphatic carbocycles. The number of anilines is 1. The second kappa shape index (κ2) is 6.43. The Kier molecular flexibility index (Phi) is 4.82. The highest BCUT2D eigenvalue weighted by atomic mass is 32.2. The lowest BCUT2D eigenvalue weighted by Crippen LogP contribution is -2.36. The van der Waals surface area contributed by atoms with Gasteiger partial charge < -0.3 is 4.90 Å². The molecular formula is C14H19FN2O3S. The van der Waals surface area contributed by atoms with Crippen LogP contribution in [0.4, 0.5) is 10.1 Å². The summed E-state index contributed by atoms with van der Waals surface area (Å²) < 4.78 is 38.5. The fourth-order valence-electron chi connectivity index (χ4n) is 2.44. The Labute approximate surface area is 124 Å². The summed E-state index contributed by atoms with van der Waals surface area (Å²) in [5, 5.41) is 0. The fraction of sp³-hybridized carbons (Fsp3) is 0.500. The highest BCUT2D eigenvalue weighted by Crippen LogP contribution is 2.22. The average Bonchev–Trinajstić information content (AvgIpc) is 2.93. The molecule has 1 aliphatic heterocycles. The van der Waals surface area contributed by atoms with E-state index in [1.54, 1.807) is 11.0 Å². The van der Waals surface area contributed by atoms with E-state index in [0.29, 0.717) is 0 Å². The molecule has 7 heteroatoms. The highest BCUT2D eigenvalue weighted by Gasteiger charge is 2.23. The molecule has 0 N–H and O–H groups in total. The standard InChI is InChI=1S/C14H19FN2O3S/c1-21(19,20)17(13-7-3-2-6-12(13)15)11-8-14(18)16-9-4-5-10-16/h2-3,6-7H,4-5,8-11H2,1H3. The van der Waals surface area contributed by atoms with Crippen LogP contribution in [0, 0.1) is 5.82 Å². The molecule has 0 unspecified atom stereocenters. The van der Waals surface area contributed by atoms with Gasteiger partial charge in [0.25, 0.3) is 0 Å². The number of benzene rings is 1. The summed E-state index contributed by atoms with van der Waals surface area (Å²) in [7, 11) is -3.64. The van der Waals surface area contributed by atoms with Gasteiger partial charge in [-0.1, -0.05) is 12.1 Å². The molecule has 0 atom stereocenters. The first kappa shape index (κ1) is 15.8. The van der Waals surface area contributed by atoms with Crippen LogP contribution in [0.5, 0.6) is 0 Å². The zero-order valence-corrected chi connectivity index (χ0v) is 12.8. The van der Waals surface area contributed by atoms with Gasteiger partial charge in [0.15, 0.2) is 0 Å². The van der Waals surface area contributed by atoms with Crippen LogP contribution in [0.25, 0.3) is 0 Å². The SMILES string of the molecule is CS(=O)(=O)N(CCC(=O)N1CCCC1)c1ccccc1F. The summed E-state index contributed by atoms with van der Waals surface area (Å²) in [4.78, 5) is 13.7. The van der Waals surface area contributed by atoms with Crippen LogP contribution in [-0.4, -0.2) is 45.1 Å². The first-order chi connectivity index (χ1) is 9.89. The molecule has 21 heavy (non-hydrogen) atoms. The summed E-state index contributed by atoms with van der Waals surface area (Å²) in [6, 6.07) is 5.67. The molecule has 1 aliphatic rings. The van der Waals surface area contributed by atoms with Crippen molar-refractivity contribution in [2.75, 3.05) is 30.2 Å². The molecule has 0 bridgehead atoms. The first-order valence-corrected chi connectivity index (χ1v) is 8.74. The maximum absolute atomic E-state index is 13.8. The summed E-state index contributed by atoms with van der Waals surface area (Å²) >= 11 is 0. The van der Waals surface area contributed by atoms with Crippen molar-refractivity contribution in [2.45, 2.75) is 19.3 Å². The molecule has 1 amide bonds. The Hall–Kier alpha value is -1.63. The minimum atomic E-state index is -3.64. The van der Waals surface area contributed by atoms with Crippen molar-refractivity contribution in [3.8, 4) is 0 Å². The van der Waals surface area contributed by atoms with Crippen molar-refractivity contribution in [3.05, 3.63) is 30.1 Å². The number of para-hydroxylation sites is 1. The number of sulfonamides is 1. The predicted octanol–water partition coefficient (Wildman–Crippen LogP) is 1.60. The molecule has 0 spiro atoms. The van der Waals surface area contributed by atoms with Gasteiger partial charge in [0, 0.05) is 26.1 Å². The van der Waals surface area contributed by atoms with E-state index in [4.69, 9.17) is 0 Å². The number of amides is 1. The third-order valence-electron chi connectivity index (χ3n) is 3.51. The third-order valence-corrected chi connectivity index (χ3v) is 4.69. The van der Waals surface area contributed by atoms with Gasteiger partial charge in [0.1, 0.15) is 5.82 Å². The zero-order chi connectivity index (χ0) is 15.5. The number of likely N-dealkylation sites (tertiary alicyclic amines) is 1. The summed E-state index contributed by atoms with van der Waals surface area (Å²) in [5.74, 6) is -0.700. The van der Waals surface area contributed by atoms with E-state index < -0.39 is 15.8 Å². The third kappa shape index (κ3) is 3.93. The van der Waals surface area contributed by atoms with E-state index in [1.165, 1.54) is 18.2 Å². The van der Waals surface area contributed by atoms with Gasteiger partial charge in [-0.15, -0.1) is 0 Å². The number of rotatable bonds is 5. The first-order valence-electron chi connectivity index (χ1n) is 6.89. The zero-order valence-electron chi connectivity index (χ0n) is 12.0. The van der Waals surface area contributed by atoms with Crippen molar-refractivity contribution < 1.29 is 17.6 Å². The van der Waals surface area contributed by atoms with Gasteiger partial charge in [0.05, 0.1) is 11.9 Å². The van der Waals surface area contributed by atoms with Crippen LogP contribution in [0.15, 0.2) is 24.3 Å². The molecule has 1 heterocycles. The molecule has 0 radical (unpaired) electrons. The average molecular weight is 314 g/mol. The maximum Gasteiger partial charge on any atom is 0.232 e. The van der Waals surface area contributed by atoms with Crippen LogP contribution >= 0.6 is 0 Å². The lowest BCUT2D eigenvalue weighted by atomic mass is 10.3. The molecule has 1 aromatic rings. The van der Waals surface area contributed by atoms with Crippen LogP contribution < -0.4 is 4.31 Å². The monoisotopic (exact) mass is 314 g/mol. The maximum atomic E-state index is 13.8. The second-order valence-corrected chi connectivity index (χ2v) is 7.03. The molecule has 0 saturated carbocycles. The van der Waals surface area contributed by atoms with Gasteiger partial charge >= 0.3 is 0 Å². The quantitative estimate of drug-likeness (QED) is 0.829. The van der Waals surface area contributed by atoms with Crippen molar-refractivity contribution >= 4 is 21.6 Å². The van der Waals surface area contributed by atoms with Crippen molar-refractivity contribution in [3.63, 3.8) is 0 Å². The largest absolute Gasteiger partial charge is 0.343 e. The molecule has 2 rings (SSSR count). The van der Waals surface area contributed by atoms with Crippen LogP contribution in [-0.2, 0) is 14.8 Å². The normalized spacial score (nSPS) is 15.2. The van der Waals surface area contributed by atoms with Gasteiger partial charge in [-0.05, 0) is 25.0 Å².